The first-order chi connectivity index (χ1) is 13.0. The Balaban J connectivity index is 1.58. The highest BCUT2D eigenvalue weighted by molar-refractivity contribution is 5.98. The summed E-state index contributed by atoms with van der Waals surface area (Å²) >= 11 is 0. The van der Waals surface area contributed by atoms with Gasteiger partial charge in [-0.1, -0.05) is 36.4 Å². The van der Waals surface area contributed by atoms with E-state index >= 15 is 0 Å². The van der Waals surface area contributed by atoms with Gasteiger partial charge in [0.25, 0.3) is 5.91 Å². The summed E-state index contributed by atoms with van der Waals surface area (Å²) in [6.45, 7) is 0.0295. The summed E-state index contributed by atoms with van der Waals surface area (Å²) in [5.74, 6) is -1.98. The number of benzene rings is 2. The molecule has 2 aromatic carbocycles. The summed E-state index contributed by atoms with van der Waals surface area (Å²) in [5, 5.41) is 14.9. The third kappa shape index (κ3) is 5.41. The van der Waals surface area contributed by atoms with Crippen molar-refractivity contribution in [3.8, 4) is 0 Å². The maximum Gasteiger partial charge on any atom is 0.308 e. The molecule has 0 radical (unpaired) electrons. The zero-order valence-corrected chi connectivity index (χ0v) is 14.9. The van der Waals surface area contributed by atoms with Crippen molar-refractivity contribution in [1.29, 1.82) is 0 Å². The second kappa shape index (κ2) is 8.49. The highest BCUT2D eigenvalue weighted by Crippen LogP contribution is 2.30. The van der Waals surface area contributed by atoms with Crippen molar-refractivity contribution in [3.63, 3.8) is 0 Å². The fraction of sp³-hybridized carbons (Fsp3) is 0.286. The molecule has 1 aliphatic carbocycles. The Bertz CT molecular complexity index is 831. The number of carbonyl (C=O) groups excluding carboxylic acids is 2. The van der Waals surface area contributed by atoms with Gasteiger partial charge in [-0.05, 0) is 43.0 Å². The van der Waals surface area contributed by atoms with Gasteiger partial charge in [0.2, 0.25) is 5.91 Å². The SMILES string of the molecule is O=C(NCC(Cc1ccccc1)C(=O)O)c1cccc(NC(=O)C2CC2)c1. The molecule has 3 N–H and O–H groups in total. The minimum absolute atomic E-state index is 0.0265. The van der Waals surface area contributed by atoms with Crippen LogP contribution in [0.1, 0.15) is 28.8 Å². The van der Waals surface area contributed by atoms with E-state index in [-0.39, 0.29) is 24.3 Å². The van der Waals surface area contributed by atoms with E-state index in [9.17, 15) is 19.5 Å². The zero-order valence-electron chi connectivity index (χ0n) is 14.9. The van der Waals surface area contributed by atoms with Gasteiger partial charge >= 0.3 is 5.97 Å². The third-order valence-corrected chi connectivity index (χ3v) is 4.52. The molecule has 0 saturated heterocycles. The van der Waals surface area contributed by atoms with Crippen LogP contribution in [0.3, 0.4) is 0 Å². The van der Waals surface area contributed by atoms with E-state index in [1.165, 1.54) is 0 Å². The van der Waals surface area contributed by atoms with Gasteiger partial charge in [-0.25, -0.2) is 0 Å². The molecule has 0 aliphatic heterocycles. The van der Waals surface area contributed by atoms with Crippen LogP contribution in [-0.4, -0.2) is 29.4 Å². The highest BCUT2D eigenvalue weighted by Gasteiger charge is 2.29. The molecule has 140 valence electrons. The molecule has 1 atom stereocenters. The van der Waals surface area contributed by atoms with Gasteiger partial charge in [-0.15, -0.1) is 0 Å². The number of carboxylic acids is 1. The Morgan fingerprint density at radius 3 is 2.44 bits per heavy atom. The Morgan fingerprint density at radius 1 is 1.04 bits per heavy atom. The minimum atomic E-state index is -0.954. The summed E-state index contributed by atoms with van der Waals surface area (Å²) in [5.41, 5.74) is 1.86. The lowest BCUT2D eigenvalue weighted by Gasteiger charge is -2.14. The molecule has 0 bridgehead atoms. The van der Waals surface area contributed by atoms with Crippen LogP contribution in [0.5, 0.6) is 0 Å². The first kappa shape index (κ1) is 18.6. The Hall–Kier alpha value is -3.15. The Kier molecular flexibility index (Phi) is 5.86. The van der Waals surface area contributed by atoms with Gasteiger partial charge < -0.3 is 15.7 Å². The summed E-state index contributed by atoms with van der Waals surface area (Å²) in [7, 11) is 0. The average Bonchev–Trinajstić information content (AvgIpc) is 3.51. The predicted octanol–water partition coefficient (Wildman–Crippen LogP) is 2.71. The molecule has 1 fully saturated rings. The van der Waals surface area contributed by atoms with Crippen molar-refractivity contribution in [2.24, 2.45) is 11.8 Å². The fourth-order valence-electron chi connectivity index (χ4n) is 2.79. The van der Waals surface area contributed by atoms with Gasteiger partial charge in [0.15, 0.2) is 0 Å². The third-order valence-electron chi connectivity index (χ3n) is 4.52. The lowest BCUT2D eigenvalue weighted by Crippen LogP contribution is -2.34. The van der Waals surface area contributed by atoms with Crippen molar-refractivity contribution in [2.75, 3.05) is 11.9 Å². The summed E-state index contributed by atoms with van der Waals surface area (Å²) in [6, 6.07) is 16.0. The Morgan fingerprint density at radius 2 is 1.78 bits per heavy atom. The highest BCUT2D eigenvalue weighted by atomic mass is 16.4. The lowest BCUT2D eigenvalue weighted by molar-refractivity contribution is -0.141. The van der Waals surface area contributed by atoms with Crippen LogP contribution in [0, 0.1) is 11.8 Å². The second-order valence-corrected chi connectivity index (χ2v) is 6.78. The van der Waals surface area contributed by atoms with Gasteiger partial charge in [-0.2, -0.15) is 0 Å². The molecule has 0 spiro atoms. The molecule has 2 amide bonds. The van der Waals surface area contributed by atoms with Crippen molar-refractivity contribution in [2.45, 2.75) is 19.3 Å². The molecule has 1 unspecified atom stereocenters. The molecule has 1 saturated carbocycles. The van der Waals surface area contributed by atoms with Crippen LogP contribution in [0.4, 0.5) is 5.69 Å². The van der Waals surface area contributed by atoms with E-state index in [0.717, 1.165) is 18.4 Å². The van der Waals surface area contributed by atoms with Gasteiger partial charge in [0, 0.05) is 23.7 Å². The molecule has 1 aliphatic rings. The van der Waals surface area contributed by atoms with E-state index in [2.05, 4.69) is 10.6 Å². The number of nitrogens with one attached hydrogen (secondary N) is 2. The topological polar surface area (TPSA) is 95.5 Å². The summed E-state index contributed by atoms with van der Waals surface area (Å²) in [6.07, 6.45) is 2.15. The number of anilines is 1. The van der Waals surface area contributed by atoms with Crippen LogP contribution in [0.25, 0.3) is 0 Å². The van der Waals surface area contributed by atoms with Crippen molar-refractivity contribution in [1.82, 2.24) is 5.32 Å². The van der Waals surface area contributed by atoms with Gasteiger partial charge in [-0.3, -0.25) is 14.4 Å². The molecule has 6 heteroatoms. The molecular weight excluding hydrogens is 344 g/mol. The fourth-order valence-corrected chi connectivity index (χ4v) is 2.79. The first-order valence-corrected chi connectivity index (χ1v) is 8.99. The number of aliphatic carboxylic acids is 1. The van der Waals surface area contributed by atoms with Gasteiger partial charge in [0.1, 0.15) is 0 Å². The van der Waals surface area contributed by atoms with E-state index in [0.29, 0.717) is 17.7 Å². The van der Waals surface area contributed by atoms with Crippen LogP contribution < -0.4 is 10.6 Å². The second-order valence-electron chi connectivity index (χ2n) is 6.78. The van der Waals surface area contributed by atoms with E-state index in [1.807, 2.05) is 30.3 Å². The Labute approximate surface area is 157 Å². The first-order valence-electron chi connectivity index (χ1n) is 8.99. The van der Waals surface area contributed by atoms with E-state index in [1.54, 1.807) is 24.3 Å². The number of rotatable bonds is 8. The largest absolute Gasteiger partial charge is 0.481 e. The standard InChI is InChI=1S/C21H22N2O4/c24-19(16-7-4-8-18(12-16)23-20(25)15-9-10-15)22-13-17(21(26)27)11-14-5-2-1-3-6-14/h1-8,12,15,17H,9-11,13H2,(H,22,24)(H,23,25)(H,26,27). The van der Waals surface area contributed by atoms with Crippen molar-refractivity contribution < 1.29 is 19.5 Å². The zero-order chi connectivity index (χ0) is 19.2. The van der Waals surface area contributed by atoms with Crippen LogP contribution in [-0.2, 0) is 16.0 Å². The summed E-state index contributed by atoms with van der Waals surface area (Å²) < 4.78 is 0. The van der Waals surface area contributed by atoms with Crippen LogP contribution in [0.2, 0.25) is 0 Å². The van der Waals surface area contributed by atoms with Crippen molar-refractivity contribution >= 4 is 23.5 Å². The van der Waals surface area contributed by atoms with Crippen LogP contribution >= 0.6 is 0 Å². The monoisotopic (exact) mass is 366 g/mol. The quantitative estimate of drug-likeness (QED) is 0.669. The minimum Gasteiger partial charge on any atom is -0.481 e. The number of carbonyl (C=O) groups is 3. The normalized spacial score (nSPS) is 14.2. The van der Waals surface area contributed by atoms with E-state index < -0.39 is 11.9 Å². The van der Waals surface area contributed by atoms with Crippen LogP contribution in [0.15, 0.2) is 54.6 Å². The number of amides is 2. The molecular formula is C21H22N2O4. The molecule has 2 aromatic rings. The lowest BCUT2D eigenvalue weighted by atomic mass is 9.99. The molecule has 0 aromatic heterocycles. The predicted molar refractivity (Wildman–Crippen MR) is 101 cm³/mol. The number of carboxylic acid groups (broad SMARTS) is 1. The maximum atomic E-state index is 12.4. The smallest absolute Gasteiger partial charge is 0.308 e. The molecule has 3 rings (SSSR count). The maximum absolute atomic E-state index is 12.4. The average molecular weight is 366 g/mol. The summed E-state index contributed by atoms with van der Waals surface area (Å²) in [4.78, 5) is 35.7. The molecule has 6 nitrogen and oxygen atoms in total. The molecule has 0 heterocycles. The van der Waals surface area contributed by atoms with Gasteiger partial charge in [0.05, 0.1) is 5.92 Å². The van der Waals surface area contributed by atoms with E-state index in [4.69, 9.17) is 0 Å². The number of hydrogen-bond acceptors (Lipinski definition) is 3. The number of hydrogen-bond donors (Lipinski definition) is 3. The van der Waals surface area contributed by atoms with Crippen molar-refractivity contribution in [3.05, 3.63) is 65.7 Å². The molecule has 27 heavy (non-hydrogen) atoms.